The predicted octanol–water partition coefficient (Wildman–Crippen LogP) is 0.572. The number of hydrogen-bond donors (Lipinski definition) is 3. The molecule has 1 saturated heterocycles. The quantitative estimate of drug-likeness (QED) is 0.752. The predicted molar refractivity (Wildman–Crippen MR) is 72.1 cm³/mol. The van der Waals surface area contributed by atoms with Crippen LogP contribution in [0.1, 0.15) is 16.8 Å². The van der Waals surface area contributed by atoms with Crippen molar-refractivity contribution in [3.63, 3.8) is 0 Å². The van der Waals surface area contributed by atoms with E-state index in [1.807, 2.05) is 0 Å². The monoisotopic (exact) mass is 328 g/mol. The molecular weight excluding hydrogens is 316 g/mol. The summed E-state index contributed by atoms with van der Waals surface area (Å²) in [7, 11) is 0. The molecule has 0 aliphatic carbocycles. The molecule has 6 nitrogen and oxygen atoms in total. The summed E-state index contributed by atoms with van der Waals surface area (Å²) >= 11 is 3.23. The van der Waals surface area contributed by atoms with E-state index in [0.717, 1.165) is 0 Å². The third kappa shape index (κ3) is 2.71. The second-order valence-electron chi connectivity index (χ2n) is 4.42. The van der Waals surface area contributed by atoms with Crippen molar-refractivity contribution >= 4 is 33.5 Å². The SMILES string of the molecule is NC(=O)c1ccc(N2CC(O)CC2C(=O)O)cc1Br. The van der Waals surface area contributed by atoms with E-state index < -0.39 is 24.0 Å². The number of nitrogens with zero attached hydrogens (tertiary/aromatic N) is 1. The second-order valence-corrected chi connectivity index (χ2v) is 5.28. The number of aliphatic hydroxyl groups is 1. The number of halogens is 1. The Kier molecular flexibility index (Phi) is 3.77. The highest BCUT2D eigenvalue weighted by Gasteiger charge is 2.36. The summed E-state index contributed by atoms with van der Waals surface area (Å²) in [6, 6.07) is 4.03. The normalized spacial score (nSPS) is 22.5. The molecule has 0 spiro atoms. The Labute approximate surface area is 117 Å². The van der Waals surface area contributed by atoms with Crippen LogP contribution >= 0.6 is 15.9 Å². The van der Waals surface area contributed by atoms with Gasteiger partial charge in [-0.15, -0.1) is 0 Å². The molecule has 2 rings (SSSR count). The molecule has 102 valence electrons. The Morgan fingerprint density at radius 3 is 2.63 bits per heavy atom. The number of carboxylic acid groups (broad SMARTS) is 1. The molecule has 2 atom stereocenters. The van der Waals surface area contributed by atoms with Crippen LogP contribution in [0.15, 0.2) is 22.7 Å². The van der Waals surface area contributed by atoms with Crippen LogP contribution in [0.2, 0.25) is 0 Å². The van der Waals surface area contributed by atoms with Crippen LogP contribution < -0.4 is 10.6 Å². The minimum Gasteiger partial charge on any atom is -0.480 e. The molecule has 1 aromatic carbocycles. The Morgan fingerprint density at radius 2 is 2.11 bits per heavy atom. The van der Waals surface area contributed by atoms with Gasteiger partial charge >= 0.3 is 5.97 Å². The fourth-order valence-corrected chi connectivity index (χ4v) is 2.78. The van der Waals surface area contributed by atoms with Crippen molar-refractivity contribution in [3.05, 3.63) is 28.2 Å². The Bertz CT molecular complexity index is 534. The van der Waals surface area contributed by atoms with Gasteiger partial charge in [0.15, 0.2) is 0 Å². The van der Waals surface area contributed by atoms with Crippen molar-refractivity contribution in [2.75, 3.05) is 11.4 Å². The number of aliphatic carboxylic acids is 1. The van der Waals surface area contributed by atoms with Crippen molar-refractivity contribution in [1.29, 1.82) is 0 Å². The number of rotatable bonds is 3. The fraction of sp³-hybridized carbons (Fsp3) is 0.333. The Hall–Kier alpha value is -1.60. The number of carbonyl (C=O) groups excluding carboxylic acids is 1. The van der Waals surface area contributed by atoms with Crippen molar-refractivity contribution in [2.24, 2.45) is 5.73 Å². The summed E-state index contributed by atoms with van der Waals surface area (Å²) in [6.07, 6.45) is -0.486. The van der Waals surface area contributed by atoms with E-state index in [1.54, 1.807) is 17.0 Å². The maximum absolute atomic E-state index is 11.2. The number of aliphatic hydroxyl groups excluding tert-OH is 1. The molecule has 0 saturated carbocycles. The minimum absolute atomic E-state index is 0.185. The number of nitrogens with two attached hydrogens (primary N) is 1. The molecule has 7 heteroatoms. The summed E-state index contributed by atoms with van der Waals surface area (Å²) in [5, 5.41) is 18.7. The number of carboxylic acids is 1. The lowest BCUT2D eigenvalue weighted by Gasteiger charge is -2.23. The van der Waals surface area contributed by atoms with Crippen molar-refractivity contribution < 1.29 is 19.8 Å². The summed E-state index contributed by atoms with van der Waals surface area (Å²) in [5.41, 5.74) is 6.15. The molecule has 1 fully saturated rings. The molecule has 19 heavy (non-hydrogen) atoms. The average molecular weight is 329 g/mol. The molecular formula is C12H13BrN2O4. The number of benzene rings is 1. The van der Waals surface area contributed by atoms with Gasteiger partial charge in [0.05, 0.1) is 11.7 Å². The number of anilines is 1. The number of hydrogen-bond acceptors (Lipinski definition) is 4. The van der Waals surface area contributed by atoms with E-state index in [-0.39, 0.29) is 13.0 Å². The number of β-amino-alcohol motifs (C(OH)–C–C–N with tert-alkyl or cyclic N) is 1. The molecule has 1 aromatic rings. The lowest BCUT2D eigenvalue weighted by molar-refractivity contribution is -0.138. The highest BCUT2D eigenvalue weighted by atomic mass is 79.9. The van der Waals surface area contributed by atoms with Gasteiger partial charge < -0.3 is 20.8 Å². The van der Waals surface area contributed by atoms with Gasteiger partial charge in [-0.3, -0.25) is 4.79 Å². The summed E-state index contributed by atoms with van der Waals surface area (Å²) < 4.78 is 0.503. The lowest BCUT2D eigenvalue weighted by Crippen LogP contribution is -2.36. The lowest BCUT2D eigenvalue weighted by atomic mass is 10.1. The maximum Gasteiger partial charge on any atom is 0.326 e. The van der Waals surface area contributed by atoms with Crippen LogP contribution in [-0.4, -0.2) is 40.8 Å². The van der Waals surface area contributed by atoms with Crippen LogP contribution in [0.5, 0.6) is 0 Å². The summed E-state index contributed by atoms with van der Waals surface area (Å²) in [6.45, 7) is 0.249. The molecule has 4 N–H and O–H groups in total. The van der Waals surface area contributed by atoms with E-state index in [2.05, 4.69) is 15.9 Å². The van der Waals surface area contributed by atoms with Gasteiger partial charge in [-0.05, 0) is 34.1 Å². The first-order chi connectivity index (χ1) is 8.90. The zero-order chi connectivity index (χ0) is 14.2. The number of amides is 1. The smallest absolute Gasteiger partial charge is 0.326 e. The van der Waals surface area contributed by atoms with Crippen molar-refractivity contribution in [3.8, 4) is 0 Å². The van der Waals surface area contributed by atoms with Gasteiger partial charge in [-0.1, -0.05) is 0 Å². The van der Waals surface area contributed by atoms with Crippen LogP contribution in [-0.2, 0) is 4.79 Å². The third-order valence-corrected chi connectivity index (χ3v) is 3.77. The second kappa shape index (κ2) is 5.18. The van der Waals surface area contributed by atoms with Gasteiger partial charge in [-0.2, -0.15) is 0 Å². The van der Waals surface area contributed by atoms with Crippen LogP contribution in [0, 0.1) is 0 Å². The molecule has 1 aliphatic heterocycles. The topological polar surface area (TPSA) is 104 Å². The average Bonchev–Trinajstić information content (AvgIpc) is 2.70. The molecule has 2 unspecified atom stereocenters. The minimum atomic E-state index is -0.980. The van der Waals surface area contributed by atoms with Crippen LogP contribution in [0.25, 0.3) is 0 Å². The van der Waals surface area contributed by atoms with Gasteiger partial charge in [0.25, 0.3) is 0 Å². The highest BCUT2D eigenvalue weighted by molar-refractivity contribution is 9.10. The molecule has 0 bridgehead atoms. The summed E-state index contributed by atoms with van der Waals surface area (Å²) in [4.78, 5) is 23.9. The van der Waals surface area contributed by atoms with Crippen molar-refractivity contribution in [2.45, 2.75) is 18.6 Å². The van der Waals surface area contributed by atoms with Gasteiger partial charge in [-0.25, -0.2) is 4.79 Å². The maximum atomic E-state index is 11.2. The molecule has 1 amide bonds. The van der Waals surface area contributed by atoms with Crippen molar-refractivity contribution in [1.82, 2.24) is 0 Å². The molecule has 0 aromatic heterocycles. The van der Waals surface area contributed by atoms with Crippen LogP contribution in [0.4, 0.5) is 5.69 Å². The third-order valence-electron chi connectivity index (χ3n) is 3.11. The highest BCUT2D eigenvalue weighted by Crippen LogP contribution is 2.29. The zero-order valence-corrected chi connectivity index (χ0v) is 11.5. The summed E-state index contributed by atoms with van der Waals surface area (Å²) in [5.74, 6) is -1.54. The van der Waals surface area contributed by atoms with Crippen LogP contribution in [0.3, 0.4) is 0 Å². The Balaban J connectivity index is 2.34. The van der Waals surface area contributed by atoms with E-state index in [4.69, 9.17) is 10.8 Å². The number of primary amides is 1. The number of carbonyl (C=O) groups is 2. The van der Waals surface area contributed by atoms with Gasteiger partial charge in [0.1, 0.15) is 6.04 Å². The first-order valence-electron chi connectivity index (χ1n) is 5.67. The van der Waals surface area contributed by atoms with E-state index >= 15 is 0 Å². The van der Waals surface area contributed by atoms with Gasteiger partial charge in [0.2, 0.25) is 5.91 Å². The van der Waals surface area contributed by atoms with Gasteiger partial charge in [0, 0.05) is 23.1 Å². The molecule has 0 radical (unpaired) electrons. The first-order valence-corrected chi connectivity index (χ1v) is 6.46. The van der Waals surface area contributed by atoms with E-state index in [9.17, 15) is 14.7 Å². The zero-order valence-electron chi connectivity index (χ0n) is 9.91. The standard InChI is InChI=1S/C12H13BrN2O4/c13-9-3-6(1-2-8(9)11(14)17)15-5-7(16)4-10(15)12(18)19/h1-3,7,10,16H,4-5H2,(H2,14,17)(H,18,19). The molecule has 1 heterocycles. The van der Waals surface area contributed by atoms with E-state index in [0.29, 0.717) is 15.7 Å². The fourth-order valence-electron chi connectivity index (χ4n) is 2.22. The molecule has 1 aliphatic rings. The first kappa shape index (κ1) is 13.8. The largest absolute Gasteiger partial charge is 0.480 e. The Morgan fingerprint density at radius 1 is 1.42 bits per heavy atom. The van der Waals surface area contributed by atoms with E-state index in [1.165, 1.54) is 6.07 Å².